The van der Waals surface area contributed by atoms with Crippen LogP contribution in [0.4, 0.5) is 0 Å². The van der Waals surface area contributed by atoms with Gasteiger partial charge in [-0.05, 0) is 37.5 Å². The van der Waals surface area contributed by atoms with Crippen molar-refractivity contribution in [3.63, 3.8) is 0 Å². The van der Waals surface area contributed by atoms with Gasteiger partial charge < -0.3 is 4.57 Å². The first-order valence-electron chi connectivity index (χ1n) is 8.95. The van der Waals surface area contributed by atoms with Gasteiger partial charge in [-0.3, -0.25) is 0 Å². The van der Waals surface area contributed by atoms with E-state index in [4.69, 9.17) is 0 Å². The van der Waals surface area contributed by atoms with E-state index in [-0.39, 0.29) is 0 Å². The van der Waals surface area contributed by atoms with Crippen LogP contribution < -0.4 is 0 Å². The summed E-state index contributed by atoms with van der Waals surface area (Å²) in [4.78, 5) is 0.325. The molecule has 0 radical (unpaired) electrons. The lowest BCUT2D eigenvalue weighted by Crippen LogP contribution is -2.22. The smallest absolute Gasteiger partial charge is 0.242 e. The van der Waals surface area contributed by atoms with Crippen LogP contribution in [0.15, 0.2) is 34.3 Å². The van der Waals surface area contributed by atoms with Crippen LogP contribution in [0.2, 0.25) is 0 Å². The van der Waals surface area contributed by atoms with Crippen molar-refractivity contribution < 1.29 is 8.42 Å². The second kappa shape index (κ2) is 8.10. The van der Waals surface area contributed by atoms with Crippen LogP contribution in [-0.2, 0) is 15.8 Å². The van der Waals surface area contributed by atoms with Crippen LogP contribution in [0.3, 0.4) is 0 Å². The minimum atomic E-state index is -3.41. The maximum Gasteiger partial charge on any atom is 0.242 e. The van der Waals surface area contributed by atoms with E-state index in [1.165, 1.54) is 36.4 Å². The minimum Gasteiger partial charge on any atom is -0.303 e. The first-order valence-corrected chi connectivity index (χ1v) is 11.4. The van der Waals surface area contributed by atoms with Gasteiger partial charge in [0.1, 0.15) is 5.82 Å². The van der Waals surface area contributed by atoms with E-state index in [9.17, 15) is 8.42 Å². The lowest BCUT2D eigenvalue weighted by atomic mass is 9.95. The van der Waals surface area contributed by atoms with Crippen molar-refractivity contribution in [2.75, 3.05) is 14.1 Å². The molecule has 2 aromatic rings. The van der Waals surface area contributed by atoms with Gasteiger partial charge in [-0.1, -0.05) is 43.2 Å². The third-order valence-corrected chi connectivity index (χ3v) is 7.65. The summed E-state index contributed by atoms with van der Waals surface area (Å²) < 4.78 is 28.1. The van der Waals surface area contributed by atoms with Gasteiger partial charge in [0.25, 0.3) is 0 Å². The number of nitrogens with zero attached hydrogens (tertiary/aromatic N) is 4. The molecule has 1 aromatic heterocycles. The second-order valence-electron chi connectivity index (χ2n) is 6.92. The quantitative estimate of drug-likeness (QED) is 0.700. The Morgan fingerprint density at radius 3 is 2.62 bits per heavy atom. The van der Waals surface area contributed by atoms with Crippen molar-refractivity contribution in [2.24, 2.45) is 0 Å². The molecule has 142 valence electrons. The number of hydrogen-bond donors (Lipinski definition) is 0. The summed E-state index contributed by atoms with van der Waals surface area (Å²) >= 11 is 1.62. The summed E-state index contributed by atoms with van der Waals surface area (Å²) in [6.07, 6.45) is 6.20. The maximum atomic E-state index is 12.3. The van der Waals surface area contributed by atoms with Crippen molar-refractivity contribution in [3.05, 3.63) is 35.7 Å². The Morgan fingerprint density at radius 2 is 1.92 bits per heavy atom. The Labute approximate surface area is 160 Å². The fourth-order valence-corrected chi connectivity index (χ4v) is 5.33. The van der Waals surface area contributed by atoms with E-state index in [0.717, 1.165) is 16.5 Å². The van der Waals surface area contributed by atoms with Crippen LogP contribution in [0.1, 0.15) is 49.5 Å². The largest absolute Gasteiger partial charge is 0.303 e. The van der Waals surface area contributed by atoms with Crippen LogP contribution in [0.5, 0.6) is 0 Å². The molecule has 0 saturated heterocycles. The zero-order valence-electron chi connectivity index (χ0n) is 15.6. The van der Waals surface area contributed by atoms with Crippen LogP contribution in [0.25, 0.3) is 0 Å². The summed E-state index contributed by atoms with van der Waals surface area (Å²) in [5.41, 5.74) is 0.966. The monoisotopic (exact) mass is 394 g/mol. The summed E-state index contributed by atoms with van der Waals surface area (Å²) in [5, 5.41) is 9.55. The highest BCUT2D eigenvalue weighted by Gasteiger charge is 2.22. The predicted octanol–water partition coefficient (Wildman–Crippen LogP) is 3.63. The third-order valence-electron chi connectivity index (χ3n) is 4.82. The zero-order chi connectivity index (χ0) is 18.7. The third kappa shape index (κ3) is 4.13. The van der Waals surface area contributed by atoms with E-state index < -0.39 is 10.0 Å². The molecule has 26 heavy (non-hydrogen) atoms. The van der Waals surface area contributed by atoms with Crippen LogP contribution in [0, 0.1) is 6.92 Å². The molecule has 0 atom stereocenters. The van der Waals surface area contributed by atoms with Gasteiger partial charge in [-0.2, -0.15) is 0 Å². The molecule has 1 fully saturated rings. The maximum absolute atomic E-state index is 12.3. The molecule has 3 rings (SSSR count). The Balaban J connectivity index is 1.76. The molecule has 6 nitrogen and oxygen atoms in total. The summed E-state index contributed by atoms with van der Waals surface area (Å²) in [5.74, 6) is 1.63. The van der Waals surface area contributed by atoms with Crippen molar-refractivity contribution in [3.8, 4) is 0 Å². The Bertz CT molecular complexity index is 856. The lowest BCUT2D eigenvalue weighted by molar-refractivity contribution is 0.332. The number of benzene rings is 1. The van der Waals surface area contributed by atoms with Gasteiger partial charge in [-0.25, -0.2) is 12.7 Å². The van der Waals surface area contributed by atoms with Gasteiger partial charge in [0.05, 0.1) is 4.90 Å². The summed E-state index contributed by atoms with van der Waals surface area (Å²) in [6, 6.07) is 7.62. The van der Waals surface area contributed by atoms with E-state index in [1.54, 1.807) is 44.1 Å². The van der Waals surface area contributed by atoms with E-state index in [1.807, 2.05) is 13.0 Å². The molecule has 0 spiro atoms. The molecular formula is C18H26N4O2S2. The van der Waals surface area contributed by atoms with E-state index in [0.29, 0.717) is 16.7 Å². The summed E-state index contributed by atoms with van der Waals surface area (Å²) in [7, 11) is -0.317. The first kappa shape index (κ1) is 19.4. The molecule has 1 aromatic carbocycles. The minimum absolute atomic E-state index is 0.325. The molecule has 1 aliphatic carbocycles. The molecule has 0 bridgehead atoms. The fraction of sp³-hybridized carbons (Fsp3) is 0.556. The van der Waals surface area contributed by atoms with Gasteiger partial charge in [0.2, 0.25) is 10.0 Å². The number of rotatable bonds is 6. The average Bonchev–Trinajstić information content (AvgIpc) is 3.01. The molecule has 8 heteroatoms. The van der Waals surface area contributed by atoms with Gasteiger partial charge in [-0.15, -0.1) is 10.2 Å². The standard InChI is InChI=1S/C18H26N4O2S2/c1-14-19-20-18(22(14)16-9-5-4-6-10-16)25-13-15-8-7-11-17(12-15)26(23,24)21(2)3/h7-8,11-12,16H,4-6,9-10,13H2,1-3H3. The van der Waals surface area contributed by atoms with Gasteiger partial charge >= 0.3 is 0 Å². The van der Waals surface area contributed by atoms with Crippen molar-refractivity contribution >= 4 is 21.8 Å². The topological polar surface area (TPSA) is 68.1 Å². The Hall–Kier alpha value is -1.38. The van der Waals surface area contributed by atoms with Crippen LogP contribution >= 0.6 is 11.8 Å². The van der Waals surface area contributed by atoms with E-state index >= 15 is 0 Å². The zero-order valence-corrected chi connectivity index (χ0v) is 17.2. The molecule has 1 heterocycles. The number of thioether (sulfide) groups is 1. The highest BCUT2D eigenvalue weighted by Crippen LogP contribution is 2.33. The second-order valence-corrected chi connectivity index (χ2v) is 10.0. The molecular weight excluding hydrogens is 368 g/mol. The molecule has 0 unspecified atom stereocenters. The normalized spacial score (nSPS) is 16.3. The first-order chi connectivity index (χ1) is 12.4. The average molecular weight is 395 g/mol. The van der Waals surface area contributed by atoms with Crippen LogP contribution in [-0.4, -0.2) is 41.6 Å². The molecule has 0 N–H and O–H groups in total. The highest BCUT2D eigenvalue weighted by atomic mass is 32.2. The fourth-order valence-electron chi connectivity index (χ4n) is 3.36. The Kier molecular flexibility index (Phi) is 6.04. The number of aromatic nitrogens is 3. The summed E-state index contributed by atoms with van der Waals surface area (Å²) in [6.45, 7) is 2.01. The Morgan fingerprint density at radius 1 is 1.19 bits per heavy atom. The van der Waals surface area contributed by atoms with Crippen molar-refractivity contribution in [2.45, 2.75) is 60.9 Å². The van der Waals surface area contributed by atoms with E-state index in [2.05, 4.69) is 14.8 Å². The van der Waals surface area contributed by atoms with Crippen molar-refractivity contribution in [1.29, 1.82) is 0 Å². The molecule has 0 aliphatic heterocycles. The van der Waals surface area contributed by atoms with Gasteiger partial charge in [0, 0.05) is 25.9 Å². The SMILES string of the molecule is Cc1nnc(SCc2cccc(S(=O)(=O)N(C)C)c2)n1C1CCCCC1. The number of aryl methyl sites for hydroxylation is 1. The van der Waals surface area contributed by atoms with Crippen molar-refractivity contribution in [1.82, 2.24) is 19.1 Å². The molecule has 0 amide bonds. The lowest BCUT2D eigenvalue weighted by Gasteiger charge is -2.25. The number of hydrogen-bond acceptors (Lipinski definition) is 5. The molecule has 1 saturated carbocycles. The molecule has 1 aliphatic rings. The van der Waals surface area contributed by atoms with Gasteiger partial charge in [0.15, 0.2) is 5.16 Å². The predicted molar refractivity (Wildman–Crippen MR) is 104 cm³/mol. The highest BCUT2D eigenvalue weighted by molar-refractivity contribution is 7.98. The number of sulfonamides is 1.